The van der Waals surface area contributed by atoms with Crippen molar-refractivity contribution >= 4 is 29.6 Å². The molecule has 1 aliphatic heterocycles. The Hall–Kier alpha value is -3.73. The molecule has 0 aliphatic carbocycles. The van der Waals surface area contributed by atoms with E-state index in [4.69, 9.17) is 5.73 Å². The van der Waals surface area contributed by atoms with Crippen LogP contribution in [0.3, 0.4) is 0 Å². The molecule has 11 heteroatoms. The Morgan fingerprint density at radius 1 is 1.03 bits per heavy atom. The van der Waals surface area contributed by atoms with Crippen molar-refractivity contribution in [3.63, 3.8) is 0 Å². The summed E-state index contributed by atoms with van der Waals surface area (Å²) in [5.74, 6) is -3.29. The number of nitrogens with zero attached hydrogens (tertiary/aromatic N) is 1. The third-order valence-corrected chi connectivity index (χ3v) is 4.79. The number of unbranched alkanes of at least 4 members (excludes halogenated alkanes) is 1. The van der Waals surface area contributed by atoms with Gasteiger partial charge < -0.3 is 26.6 Å². The van der Waals surface area contributed by atoms with Gasteiger partial charge in [-0.15, -0.1) is 0 Å². The number of carbonyl (C=O) groups is 5. The summed E-state index contributed by atoms with van der Waals surface area (Å²) >= 11 is 0. The summed E-state index contributed by atoms with van der Waals surface area (Å²) in [6.07, 6.45) is 3.51. The largest absolute Gasteiger partial charge is 0.508 e. The number of carboxylic acid groups (broad SMARTS) is 1. The number of imide groups is 1. The molecule has 32 heavy (non-hydrogen) atoms. The highest BCUT2D eigenvalue weighted by atomic mass is 16.4. The fraction of sp³-hybridized carbons (Fsp3) is 0.381. The van der Waals surface area contributed by atoms with Crippen molar-refractivity contribution in [3.8, 4) is 5.75 Å². The first-order valence-electron chi connectivity index (χ1n) is 10.0. The van der Waals surface area contributed by atoms with Crippen LogP contribution in [0.1, 0.15) is 24.8 Å². The Morgan fingerprint density at radius 2 is 1.66 bits per heavy atom. The van der Waals surface area contributed by atoms with Crippen LogP contribution >= 0.6 is 0 Å². The molecule has 2 rings (SSSR count). The van der Waals surface area contributed by atoms with Crippen LogP contribution < -0.4 is 16.4 Å². The minimum absolute atomic E-state index is 0.0393. The number of carbonyl (C=O) groups excluding carboxylic acids is 4. The maximum absolute atomic E-state index is 12.2. The number of aliphatic carboxylic acids is 1. The number of benzene rings is 1. The lowest BCUT2D eigenvalue weighted by molar-refractivity contribution is -0.142. The van der Waals surface area contributed by atoms with Gasteiger partial charge in [-0.1, -0.05) is 12.1 Å². The van der Waals surface area contributed by atoms with Crippen LogP contribution in [0, 0.1) is 0 Å². The van der Waals surface area contributed by atoms with E-state index in [0.29, 0.717) is 18.4 Å². The predicted molar refractivity (Wildman–Crippen MR) is 112 cm³/mol. The smallest absolute Gasteiger partial charge is 0.326 e. The van der Waals surface area contributed by atoms with Gasteiger partial charge in [-0.2, -0.15) is 0 Å². The molecule has 11 nitrogen and oxygen atoms in total. The van der Waals surface area contributed by atoms with Crippen LogP contribution in [0.2, 0.25) is 0 Å². The molecule has 1 heterocycles. The van der Waals surface area contributed by atoms with Crippen LogP contribution in [0.25, 0.3) is 0 Å². The number of amides is 4. The molecule has 0 bridgehead atoms. The molecule has 172 valence electrons. The molecule has 6 N–H and O–H groups in total. The van der Waals surface area contributed by atoms with Gasteiger partial charge in [0.15, 0.2) is 0 Å². The highest BCUT2D eigenvalue weighted by Crippen LogP contribution is 2.12. The third kappa shape index (κ3) is 7.51. The zero-order valence-corrected chi connectivity index (χ0v) is 17.3. The topological polar surface area (TPSA) is 179 Å². The van der Waals surface area contributed by atoms with E-state index in [1.54, 1.807) is 12.1 Å². The molecule has 2 atom stereocenters. The third-order valence-electron chi connectivity index (χ3n) is 4.79. The number of aromatic hydroxyl groups is 1. The van der Waals surface area contributed by atoms with Crippen molar-refractivity contribution in [1.29, 1.82) is 0 Å². The average molecular weight is 446 g/mol. The summed E-state index contributed by atoms with van der Waals surface area (Å²) in [6.45, 7) is -0.0837. The van der Waals surface area contributed by atoms with Crippen molar-refractivity contribution in [2.75, 3.05) is 13.1 Å². The molecule has 1 aromatic carbocycles. The van der Waals surface area contributed by atoms with Crippen molar-refractivity contribution in [1.82, 2.24) is 15.5 Å². The highest BCUT2D eigenvalue weighted by Gasteiger charge is 2.25. The number of rotatable bonds is 12. The molecule has 0 radical (unpaired) electrons. The van der Waals surface area contributed by atoms with E-state index in [9.17, 15) is 34.2 Å². The number of phenols is 1. The zero-order chi connectivity index (χ0) is 23.7. The number of nitrogens with one attached hydrogen (secondary N) is 2. The van der Waals surface area contributed by atoms with Gasteiger partial charge in [0.2, 0.25) is 11.8 Å². The second-order valence-corrected chi connectivity index (χ2v) is 7.32. The Labute approximate surface area is 184 Å². The van der Waals surface area contributed by atoms with Gasteiger partial charge in [0.25, 0.3) is 11.8 Å². The fourth-order valence-corrected chi connectivity index (χ4v) is 2.98. The molecule has 0 fully saturated rings. The Balaban J connectivity index is 1.67. The molecule has 0 saturated carbocycles. The fourth-order valence-electron chi connectivity index (χ4n) is 2.98. The van der Waals surface area contributed by atoms with E-state index in [-0.39, 0.29) is 31.7 Å². The first-order valence-corrected chi connectivity index (χ1v) is 10.0. The molecule has 0 saturated heterocycles. The highest BCUT2D eigenvalue weighted by molar-refractivity contribution is 6.14. The van der Waals surface area contributed by atoms with Gasteiger partial charge in [0, 0.05) is 25.1 Å². The lowest BCUT2D eigenvalue weighted by atomic mass is 10.0. The first-order chi connectivity index (χ1) is 15.2. The second-order valence-electron chi connectivity index (χ2n) is 7.32. The van der Waals surface area contributed by atoms with Crippen LogP contribution in [-0.4, -0.2) is 69.9 Å². The predicted octanol–water partition coefficient (Wildman–Crippen LogP) is -0.957. The molecular formula is C21H26N4O7. The number of nitrogens with two attached hydrogens (primary N) is 1. The molecule has 1 aromatic rings. The number of hydrogen-bond donors (Lipinski definition) is 5. The van der Waals surface area contributed by atoms with Crippen molar-refractivity contribution in [3.05, 3.63) is 42.0 Å². The van der Waals surface area contributed by atoms with Crippen LogP contribution in [0.5, 0.6) is 5.75 Å². The Kier molecular flexibility index (Phi) is 8.90. The molecule has 0 unspecified atom stereocenters. The minimum atomic E-state index is -1.20. The standard InChI is InChI=1S/C21H26N4O7/c22-15(3-1-2-10-23-17(27)12-25-18(28)8-9-19(25)29)20(30)24-16(21(31)32)11-13-4-6-14(26)7-5-13/h4-9,15-16,26H,1-3,10-12,22H2,(H,23,27)(H,24,30)(H,31,32)/t15-,16-/m0/s1. The van der Waals surface area contributed by atoms with Gasteiger partial charge in [-0.05, 0) is 37.0 Å². The maximum atomic E-state index is 12.2. The van der Waals surface area contributed by atoms with Crippen LogP contribution in [0.15, 0.2) is 36.4 Å². The summed E-state index contributed by atoms with van der Waals surface area (Å²) in [5.41, 5.74) is 6.48. The summed E-state index contributed by atoms with van der Waals surface area (Å²) in [6, 6.07) is 3.91. The SMILES string of the molecule is N[C@@H](CCCCNC(=O)CN1C(=O)C=CC1=O)C(=O)N[C@@H](Cc1ccc(O)cc1)C(=O)O. The summed E-state index contributed by atoms with van der Waals surface area (Å²) in [4.78, 5) is 59.2. The van der Waals surface area contributed by atoms with Crippen molar-refractivity contribution in [2.24, 2.45) is 5.73 Å². The molecular weight excluding hydrogens is 420 g/mol. The molecule has 4 amide bonds. The quantitative estimate of drug-likeness (QED) is 0.201. The number of hydrogen-bond acceptors (Lipinski definition) is 7. The zero-order valence-electron chi connectivity index (χ0n) is 17.3. The van der Waals surface area contributed by atoms with Crippen molar-refractivity contribution in [2.45, 2.75) is 37.8 Å². The maximum Gasteiger partial charge on any atom is 0.326 e. The molecule has 0 aromatic heterocycles. The Bertz CT molecular complexity index is 880. The monoisotopic (exact) mass is 446 g/mol. The van der Waals surface area contributed by atoms with Crippen LogP contribution in [-0.2, 0) is 30.4 Å². The van der Waals surface area contributed by atoms with E-state index in [2.05, 4.69) is 10.6 Å². The van der Waals surface area contributed by atoms with Crippen LogP contribution in [0.4, 0.5) is 0 Å². The van der Waals surface area contributed by atoms with E-state index < -0.39 is 41.7 Å². The molecule has 0 spiro atoms. The van der Waals surface area contributed by atoms with Gasteiger partial charge in [-0.3, -0.25) is 24.1 Å². The van der Waals surface area contributed by atoms with E-state index in [0.717, 1.165) is 17.1 Å². The van der Waals surface area contributed by atoms with Gasteiger partial charge in [0.1, 0.15) is 18.3 Å². The second kappa shape index (κ2) is 11.6. The van der Waals surface area contributed by atoms with E-state index in [1.807, 2.05) is 0 Å². The van der Waals surface area contributed by atoms with Gasteiger partial charge in [-0.25, -0.2) is 4.79 Å². The van der Waals surface area contributed by atoms with Gasteiger partial charge >= 0.3 is 5.97 Å². The minimum Gasteiger partial charge on any atom is -0.508 e. The Morgan fingerprint density at radius 3 is 2.25 bits per heavy atom. The number of phenolic OH excluding ortho intramolecular Hbond substituents is 1. The number of carboxylic acids is 1. The molecule has 1 aliphatic rings. The first kappa shape index (κ1) is 24.5. The average Bonchev–Trinajstić information content (AvgIpc) is 3.06. The lowest BCUT2D eigenvalue weighted by Gasteiger charge is -2.18. The lowest BCUT2D eigenvalue weighted by Crippen LogP contribution is -2.49. The van der Waals surface area contributed by atoms with Gasteiger partial charge in [0.05, 0.1) is 6.04 Å². The van der Waals surface area contributed by atoms with E-state index in [1.165, 1.54) is 12.1 Å². The summed E-state index contributed by atoms with van der Waals surface area (Å²) < 4.78 is 0. The normalized spacial score (nSPS) is 14.8. The summed E-state index contributed by atoms with van der Waals surface area (Å²) in [7, 11) is 0. The van der Waals surface area contributed by atoms with E-state index >= 15 is 0 Å². The summed E-state index contributed by atoms with van der Waals surface area (Å²) in [5, 5.41) is 23.7. The van der Waals surface area contributed by atoms with Crippen molar-refractivity contribution < 1.29 is 34.2 Å².